The molecule has 0 bridgehead atoms. The summed E-state index contributed by atoms with van der Waals surface area (Å²) in [6, 6.07) is 4.75. The third kappa shape index (κ3) is 4.72. The van der Waals surface area contributed by atoms with Crippen molar-refractivity contribution in [2.75, 3.05) is 13.7 Å². The Labute approximate surface area is 122 Å². The van der Waals surface area contributed by atoms with E-state index in [-0.39, 0.29) is 16.2 Å². The Balaban J connectivity index is 3.02. The van der Waals surface area contributed by atoms with Crippen LogP contribution in [-0.2, 0) is 20.9 Å². The minimum atomic E-state index is -5.17. The predicted octanol–water partition coefficient (Wildman–Crippen LogP) is 1.66. The van der Waals surface area contributed by atoms with Gasteiger partial charge in [0.05, 0.1) is 12.0 Å². The number of nitro benzene ring substituents is 1. The Morgan fingerprint density at radius 3 is 2.50 bits per heavy atom. The lowest BCUT2D eigenvalue weighted by molar-refractivity contribution is -0.384. The van der Waals surface area contributed by atoms with Crippen LogP contribution in [0.15, 0.2) is 24.3 Å². The topological polar surface area (TPSA) is 89.8 Å². The summed E-state index contributed by atoms with van der Waals surface area (Å²) in [4.78, 5) is 32.5. The zero-order chi connectivity index (χ0) is 16.9. The van der Waals surface area contributed by atoms with Crippen LogP contribution >= 0.6 is 0 Å². The van der Waals surface area contributed by atoms with E-state index in [1.54, 1.807) is 0 Å². The van der Waals surface area contributed by atoms with Crippen molar-refractivity contribution >= 4 is 17.6 Å². The number of nitrogens with zero attached hydrogens (tertiary/aromatic N) is 2. The molecule has 0 aliphatic carbocycles. The highest BCUT2D eigenvalue weighted by molar-refractivity contribution is 5.85. The molecule has 0 fully saturated rings. The predicted molar refractivity (Wildman–Crippen MR) is 66.6 cm³/mol. The molecule has 10 heteroatoms. The van der Waals surface area contributed by atoms with Crippen LogP contribution < -0.4 is 0 Å². The van der Waals surface area contributed by atoms with E-state index in [1.165, 1.54) is 12.1 Å². The Kier molecular flexibility index (Phi) is 5.44. The van der Waals surface area contributed by atoms with Crippen molar-refractivity contribution in [1.29, 1.82) is 0 Å². The normalized spacial score (nSPS) is 10.9. The number of ether oxygens (including phenoxy) is 1. The summed E-state index contributed by atoms with van der Waals surface area (Å²) in [6.07, 6.45) is -5.17. The van der Waals surface area contributed by atoms with E-state index in [0.717, 1.165) is 19.2 Å². The van der Waals surface area contributed by atoms with Gasteiger partial charge >= 0.3 is 18.1 Å². The number of nitro groups is 1. The van der Waals surface area contributed by atoms with Crippen molar-refractivity contribution in [1.82, 2.24) is 4.90 Å². The van der Waals surface area contributed by atoms with Crippen LogP contribution in [-0.4, -0.2) is 41.5 Å². The van der Waals surface area contributed by atoms with Crippen LogP contribution in [0.4, 0.5) is 18.9 Å². The quantitative estimate of drug-likeness (QED) is 0.467. The van der Waals surface area contributed by atoms with E-state index in [9.17, 15) is 32.9 Å². The second-order valence-electron chi connectivity index (χ2n) is 4.16. The smallest absolute Gasteiger partial charge is 0.468 e. The number of non-ortho nitro benzene ring substituents is 1. The van der Waals surface area contributed by atoms with Gasteiger partial charge in [-0.05, 0) is 5.56 Å². The summed E-state index contributed by atoms with van der Waals surface area (Å²) in [5, 5.41) is 10.6. The molecule has 0 aromatic heterocycles. The number of rotatable bonds is 5. The Hall–Kier alpha value is -2.65. The Morgan fingerprint density at radius 2 is 2.00 bits per heavy atom. The van der Waals surface area contributed by atoms with E-state index in [2.05, 4.69) is 4.74 Å². The molecule has 0 radical (unpaired) electrons. The number of methoxy groups -OCH3 is 1. The molecule has 0 saturated heterocycles. The summed E-state index contributed by atoms with van der Waals surface area (Å²) < 4.78 is 41.8. The molecule has 0 saturated carbocycles. The van der Waals surface area contributed by atoms with Crippen molar-refractivity contribution in [3.05, 3.63) is 39.9 Å². The van der Waals surface area contributed by atoms with Gasteiger partial charge in [0.15, 0.2) is 0 Å². The lowest BCUT2D eigenvalue weighted by Gasteiger charge is -2.22. The van der Waals surface area contributed by atoms with E-state index in [0.29, 0.717) is 0 Å². The number of esters is 1. The summed E-state index contributed by atoms with van der Waals surface area (Å²) >= 11 is 0. The van der Waals surface area contributed by atoms with Crippen LogP contribution in [0.3, 0.4) is 0 Å². The van der Waals surface area contributed by atoms with Gasteiger partial charge < -0.3 is 9.64 Å². The van der Waals surface area contributed by atoms with Crippen LogP contribution in [0.25, 0.3) is 0 Å². The molecule has 1 rings (SSSR count). The maximum absolute atomic E-state index is 12.5. The first-order chi connectivity index (χ1) is 10.1. The average molecular weight is 320 g/mol. The molecule has 0 aliphatic rings. The number of hydrogen-bond donors (Lipinski definition) is 0. The maximum Gasteiger partial charge on any atom is 0.471 e. The van der Waals surface area contributed by atoms with Crippen molar-refractivity contribution in [2.45, 2.75) is 12.7 Å². The van der Waals surface area contributed by atoms with Crippen LogP contribution in [0.1, 0.15) is 5.56 Å². The minimum Gasteiger partial charge on any atom is -0.468 e. The molecule has 0 heterocycles. The van der Waals surface area contributed by atoms with Crippen LogP contribution in [0.2, 0.25) is 0 Å². The van der Waals surface area contributed by atoms with Gasteiger partial charge in [0.1, 0.15) is 6.54 Å². The highest BCUT2D eigenvalue weighted by Gasteiger charge is 2.43. The first-order valence-electron chi connectivity index (χ1n) is 5.81. The number of halogens is 3. The summed E-state index contributed by atoms with van der Waals surface area (Å²) in [7, 11) is 0.964. The van der Waals surface area contributed by atoms with Gasteiger partial charge in [-0.15, -0.1) is 0 Å². The first-order valence-corrected chi connectivity index (χ1v) is 5.81. The molecule has 120 valence electrons. The number of benzene rings is 1. The first kappa shape index (κ1) is 17.4. The zero-order valence-corrected chi connectivity index (χ0v) is 11.3. The number of amides is 1. The third-order valence-corrected chi connectivity index (χ3v) is 2.57. The molecule has 0 unspecified atom stereocenters. The molecule has 0 atom stereocenters. The fraction of sp³-hybridized carbons (Fsp3) is 0.333. The molecule has 1 amide bonds. The van der Waals surface area contributed by atoms with E-state index in [1.807, 2.05) is 0 Å². The van der Waals surface area contributed by atoms with Gasteiger partial charge in [0, 0.05) is 18.7 Å². The van der Waals surface area contributed by atoms with Gasteiger partial charge in [0.2, 0.25) is 0 Å². The maximum atomic E-state index is 12.5. The number of alkyl halides is 3. The molecule has 7 nitrogen and oxygen atoms in total. The number of carbonyl (C=O) groups is 2. The van der Waals surface area contributed by atoms with Crippen molar-refractivity contribution in [2.24, 2.45) is 0 Å². The van der Waals surface area contributed by atoms with Crippen LogP contribution in [0, 0.1) is 10.1 Å². The SMILES string of the molecule is COC(=O)CN(Cc1cccc([N+](=O)[O-])c1)C(=O)C(F)(F)F. The molecule has 0 spiro atoms. The lowest BCUT2D eigenvalue weighted by atomic mass is 10.2. The summed E-state index contributed by atoms with van der Waals surface area (Å²) in [5.74, 6) is -3.27. The van der Waals surface area contributed by atoms with Crippen molar-refractivity contribution in [3.8, 4) is 0 Å². The highest BCUT2D eigenvalue weighted by atomic mass is 19.4. The molecule has 1 aromatic carbocycles. The average Bonchev–Trinajstić information content (AvgIpc) is 2.44. The van der Waals surface area contributed by atoms with Gasteiger partial charge in [-0.3, -0.25) is 19.7 Å². The Bertz CT molecular complexity index is 588. The monoisotopic (exact) mass is 320 g/mol. The largest absolute Gasteiger partial charge is 0.471 e. The molecular weight excluding hydrogens is 309 g/mol. The minimum absolute atomic E-state index is 0.0794. The summed E-state index contributed by atoms with van der Waals surface area (Å²) in [5.41, 5.74) is -0.259. The number of hydrogen-bond acceptors (Lipinski definition) is 5. The summed E-state index contributed by atoms with van der Waals surface area (Å²) in [6.45, 7) is -1.54. The Morgan fingerprint density at radius 1 is 1.36 bits per heavy atom. The number of carbonyl (C=O) groups excluding carboxylic acids is 2. The van der Waals surface area contributed by atoms with E-state index < -0.39 is 36.1 Å². The van der Waals surface area contributed by atoms with E-state index in [4.69, 9.17) is 0 Å². The second kappa shape index (κ2) is 6.87. The molecule has 0 N–H and O–H groups in total. The van der Waals surface area contributed by atoms with Gasteiger partial charge in [0.25, 0.3) is 5.69 Å². The molecule has 0 aliphatic heterocycles. The van der Waals surface area contributed by atoms with Crippen molar-refractivity contribution < 1.29 is 32.4 Å². The van der Waals surface area contributed by atoms with Gasteiger partial charge in [-0.2, -0.15) is 13.2 Å². The fourth-order valence-electron chi connectivity index (χ4n) is 1.59. The molecular formula is C12H11F3N2O5. The highest BCUT2D eigenvalue weighted by Crippen LogP contribution is 2.21. The fourth-order valence-corrected chi connectivity index (χ4v) is 1.59. The zero-order valence-electron chi connectivity index (χ0n) is 11.3. The molecule has 1 aromatic rings. The molecule has 22 heavy (non-hydrogen) atoms. The van der Waals surface area contributed by atoms with E-state index >= 15 is 0 Å². The third-order valence-electron chi connectivity index (χ3n) is 2.57. The van der Waals surface area contributed by atoms with Crippen LogP contribution in [0.5, 0.6) is 0 Å². The standard InChI is InChI=1S/C12H11F3N2O5/c1-22-10(18)7-16(11(19)12(13,14)15)6-8-3-2-4-9(5-8)17(20)21/h2-5H,6-7H2,1H3. The second-order valence-corrected chi connectivity index (χ2v) is 4.16. The van der Waals surface area contributed by atoms with Gasteiger partial charge in [-0.25, -0.2) is 0 Å². The van der Waals surface area contributed by atoms with Gasteiger partial charge in [-0.1, -0.05) is 12.1 Å². The lowest BCUT2D eigenvalue weighted by Crippen LogP contribution is -2.43. The van der Waals surface area contributed by atoms with Crippen molar-refractivity contribution in [3.63, 3.8) is 0 Å².